The maximum Gasteiger partial charge on any atom is 0.251 e. The third-order valence-electron chi connectivity index (χ3n) is 4.05. The molecule has 0 saturated heterocycles. The van der Waals surface area contributed by atoms with Gasteiger partial charge in [0.15, 0.2) is 12.0 Å². The Hall–Kier alpha value is -2.06. The number of carbonyl (C=O) groups excluding carboxylic acids is 1. The van der Waals surface area contributed by atoms with Gasteiger partial charge >= 0.3 is 0 Å². The van der Waals surface area contributed by atoms with Gasteiger partial charge in [0.05, 0.1) is 17.7 Å². The summed E-state index contributed by atoms with van der Waals surface area (Å²) in [4.78, 5) is 12.4. The molecule has 0 radical (unpaired) electrons. The first kappa shape index (κ1) is 17.8. The van der Waals surface area contributed by atoms with Gasteiger partial charge < -0.3 is 5.21 Å². The Balaban J connectivity index is 1.78. The molecule has 0 spiro atoms. The fourth-order valence-corrected chi connectivity index (χ4v) is 5.10. The van der Waals surface area contributed by atoms with Crippen molar-refractivity contribution < 1.29 is 17.9 Å². The number of hydrogen-bond acceptors (Lipinski definition) is 5. The second kappa shape index (κ2) is 6.68. The van der Waals surface area contributed by atoms with Crippen LogP contribution in [0.1, 0.15) is 22.8 Å². The van der Waals surface area contributed by atoms with Crippen LogP contribution in [0.4, 0.5) is 5.69 Å². The highest BCUT2D eigenvalue weighted by atomic mass is 32.2. The minimum atomic E-state index is -3.34. The number of benzene rings is 1. The summed E-state index contributed by atoms with van der Waals surface area (Å²) in [6, 6.07) is 9.98. The molecule has 0 N–H and O–H groups in total. The lowest BCUT2D eigenvalue weighted by Crippen LogP contribution is -2.34. The number of rotatable bonds is 5. The lowest BCUT2D eigenvalue weighted by atomic mass is 10.0. The first-order valence-corrected chi connectivity index (χ1v) is 10.6. The quantitative estimate of drug-likeness (QED) is 0.344. The van der Waals surface area contributed by atoms with Crippen molar-refractivity contribution in [3.8, 4) is 0 Å². The number of anilines is 1. The molecule has 0 amide bonds. The van der Waals surface area contributed by atoms with Crippen molar-refractivity contribution >= 4 is 33.3 Å². The maximum absolute atomic E-state index is 12.4. The number of pyridine rings is 1. The Kier molecular flexibility index (Phi) is 4.75. The zero-order valence-corrected chi connectivity index (χ0v) is 15.5. The molecular weight excluding hydrogens is 360 g/mol. The predicted octanol–water partition coefficient (Wildman–Crippen LogP) is 2.01. The minimum absolute atomic E-state index is 0.0953. The maximum atomic E-state index is 12.4. The summed E-state index contributed by atoms with van der Waals surface area (Å²) in [5, 5.41) is 12.1. The molecule has 0 fully saturated rings. The Morgan fingerprint density at radius 3 is 2.80 bits per heavy atom. The lowest BCUT2D eigenvalue weighted by molar-refractivity contribution is -0.645. The van der Waals surface area contributed by atoms with Crippen LogP contribution in [0.3, 0.4) is 0 Å². The van der Waals surface area contributed by atoms with E-state index in [4.69, 9.17) is 0 Å². The Morgan fingerprint density at radius 2 is 2.12 bits per heavy atom. The number of fused-ring (bicyclic) bond motifs is 1. The van der Waals surface area contributed by atoms with Crippen molar-refractivity contribution in [2.75, 3.05) is 16.3 Å². The van der Waals surface area contributed by atoms with Crippen molar-refractivity contribution in [2.45, 2.75) is 24.4 Å². The molecule has 1 aliphatic rings. The second-order valence-electron chi connectivity index (χ2n) is 6.03. The number of aromatic nitrogens is 1. The minimum Gasteiger partial charge on any atom is -0.618 e. The van der Waals surface area contributed by atoms with Crippen LogP contribution < -0.4 is 9.04 Å². The van der Waals surface area contributed by atoms with E-state index in [1.54, 1.807) is 36.4 Å². The Labute approximate surface area is 151 Å². The van der Waals surface area contributed by atoms with Gasteiger partial charge in [-0.15, -0.1) is 0 Å². The smallest absolute Gasteiger partial charge is 0.251 e. The Morgan fingerprint density at radius 1 is 1.36 bits per heavy atom. The molecule has 8 heteroatoms. The van der Waals surface area contributed by atoms with Gasteiger partial charge in [0.1, 0.15) is 0 Å². The fourth-order valence-electron chi connectivity index (χ4n) is 3.03. The van der Waals surface area contributed by atoms with E-state index >= 15 is 0 Å². The van der Waals surface area contributed by atoms with Gasteiger partial charge in [-0.3, -0.25) is 9.10 Å². The van der Waals surface area contributed by atoms with Crippen molar-refractivity contribution in [3.05, 3.63) is 58.9 Å². The van der Waals surface area contributed by atoms with E-state index in [9.17, 15) is 18.4 Å². The molecule has 2 heterocycles. The molecule has 2 aromatic rings. The molecule has 1 aromatic carbocycles. The summed E-state index contributed by atoms with van der Waals surface area (Å²) in [5.74, 6) is 0.0539. The Bertz CT molecular complexity index is 928. The summed E-state index contributed by atoms with van der Waals surface area (Å²) in [5.41, 5.74) is 2.02. The molecule has 132 valence electrons. The molecule has 6 nitrogen and oxygen atoms in total. The van der Waals surface area contributed by atoms with E-state index in [1.165, 1.54) is 28.5 Å². The summed E-state index contributed by atoms with van der Waals surface area (Å²) in [6.45, 7) is 1.85. The average Bonchev–Trinajstić information content (AvgIpc) is 2.88. The molecule has 1 atom stereocenters. The van der Waals surface area contributed by atoms with Gasteiger partial charge in [-0.2, -0.15) is 4.73 Å². The lowest BCUT2D eigenvalue weighted by Gasteiger charge is -2.21. The van der Waals surface area contributed by atoms with E-state index in [0.29, 0.717) is 22.7 Å². The highest BCUT2D eigenvalue weighted by Crippen LogP contribution is 2.35. The molecular formula is C17H18N2O4S2. The van der Waals surface area contributed by atoms with Crippen molar-refractivity contribution in [1.82, 2.24) is 0 Å². The monoisotopic (exact) mass is 378 g/mol. The van der Waals surface area contributed by atoms with Gasteiger partial charge in [-0.05, 0) is 54.9 Å². The number of nitrogens with zero attached hydrogens (tertiary/aromatic N) is 2. The predicted molar refractivity (Wildman–Crippen MR) is 97.4 cm³/mol. The zero-order valence-electron chi connectivity index (χ0n) is 13.9. The van der Waals surface area contributed by atoms with Crippen LogP contribution >= 0.6 is 11.8 Å². The van der Waals surface area contributed by atoms with E-state index in [2.05, 4.69) is 0 Å². The molecule has 0 bridgehead atoms. The van der Waals surface area contributed by atoms with Crippen LogP contribution in [0.15, 0.2) is 47.6 Å². The number of ketones is 1. The number of carbonyl (C=O) groups is 1. The second-order valence-corrected chi connectivity index (χ2v) is 8.89. The summed E-state index contributed by atoms with van der Waals surface area (Å²) >= 11 is 1.18. The van der Waals surface area contributed by atoms with Crippen LogP contribution in [0.25, 0.3) is 0 Å². The zero-order chi connectivity index (χ0) is 18.2. The van der Waals surface area contributed by atoms with Crippen LogP contribution in [-0.4, -0.2) is 32.3 Å². The van der Waals surface area contributed by atoms with Crippen molar-refractivity contribution in [1.29, 1.82) is 0 Å². The SMILES string of the molecule is C[C@@H]1Cc2cc(C(=O)CSc3cccc[n+]3[O-])ccc2N1S(C)(=O)=O. The van der Waals surface area contributed by atoms with Crippen LogP contribution in [-0.2, 0) is 16.4 Å². The third kappa shape index (κ3) is 3.64. The number of sulfonamides is 1. The van der Waals surface area contributed by atoms with Crippen LogP contribution in [0.2, 0.25) is 0 Å². The van der Waals surface area contributed by atoms with Crippen molar-refractivity contribution in [3.63, 3.8) is 0 Å². The molecule has 25 heavy (non-hydrogen) atoms. The fraction of sp³-hybridized carbons (Fsp3) is 0.294. The van der Waals surface area contributed by atoms with E-state index in [-0.39, 0.29) is 17.6 Å². The number of hydrogen-bond donors (Lipinski definition) is 0. The van der Waals surface area contributed by atoms with Crippen LogP contribution in [0, 0.1) is 5.21 Å². The molecule has 1 aliphatic heterocycles. The standard InChI is InChI=1S/C17H18N2O4S2/c1-12-9-14-10-13(6-7-15(14)19(12)25(2,22)23)16(20)11-24-17-5-3-4-8-18(17)21/h3-8,10,12H,9,11H2,1-2H3/t12-/m1/s1. The van der Waals surface area contributed by atoms with Gasteiger partial charge in [0, 0.05) is 23.7 Å². The normalized spacial score (nSPS) is 16.7. The van der Waals surface area contributed by atoms with Gasteiger partial charge in [-0.1, -0.05) is 0 Å². The number of thioether (sulfide) groups is 1. The van der Waals surface area contributed by atoms with E-state index < -0.39 is 10.0 Å². The molecule has 0 unspecified atom stereocenters. The third-order valence-corrected chi connectivity index (χ3v) is 6.34. The van der Waals surface area contributed by atoms with Crippen LogP contribution in [0.5, 0.6) is 0 Å². The average molecular weight is 378 g/mol. The molecule has 0 aliphatic carbocycles. The first-order valence-electron chi connectivity index (χ1n) is 7.74. The first-order chi connectivity index (χ1) is 11.8. The summed E-state index contributed by atoms with van der Waals surface area (Å²) < 4.78 is 26.0. The summed E-state index contributed by atoms with van der Waals surface area (Å²) in [6.07, 6.45) is 3.16. The molecule has 3 rings (SSSR count). The summed E-state index contributed by atoms with van der Waals surface area (Å²) in [7, 11) is -3.34. The number of Topliss-reactive ketones (excluding diaryl/α,β-unsaturated/α-hetero) is 1. The highest BCUT2D eigenvalue weighted by Gasteiger charge is 2.32. The van der Waals surface area contributed by atoms with Gasteiger partial charge in [0.25, 0.3) is 5.03 Å². The largest absolute Gasteiger partial charge is 0.618 e. The van der Waals surface area contributed by atoms with Crippen molar-refractivity contribution in [2.24, 2.45) is 0 Å². The highest BCUT2D eigenvalue weighted by molar-refractivity contribution is 7.99. The van der Waals surface area contributed by atoms with Gasteiger partial charge in [-0.25, -0.2) is 8.42 Å². The molecule has 1 aromatic heterocycles. The molecule has 0 saturated carbocycles. The van der Waals surface area contributed by atoms with E-state index in [1.807, 2.05) is 6.92 Å². The van der Waals surface area contributed by atoms with Gasteiger partial charge in [0.2, 0.25) is 10.0 Å². The topological polar surface area (TPSA) is 81.4 Å². The van der Waals surface area contributed by atoms with E-state index in [0.717, 1.165) is 10.3 Å².